The molecule has 1 nitrogen and oxygen atoms in total. The van der Waals surface area contributed by atoms with Crippen LogP contribution in [-0.2, 0) is 0 Å². The molecule has 0 aromatic heterocycles. The molecule has 0 unspecified atom stereocenters. The number of thioether (sulfide) groups is 1. The van der Waals surface area contributed by atoms with Crippen molar-refractivity contribution in [1.82, 2.24) is 0 Å². The summed E-state index contributed by atoms with van der Waals surface area (Å²) < 4.78 is 1.14. The largest absolute Gasteiger partial charge is 0.192 e. The van der Waals surface area contributed by atoms with Crippen molar-refractivity contribution in [1.29, 1.82) is 5.26 Å². The van der Waals surface area contributed by atoms with Crippen LogP contribution >= 0.6 is 34.4 Å². The molecule has 0 saturated heterocycles. The Morgan fingerprint density at radius 1 is 1.50 bits per heavy atom. The van der Waals surface area contributed by atoms with Crippen molar-refractivity contribution in [3.63, 3.8) is 0 Å². The second kappa shape index (κ2) is 5.44. The average molecular weight is 289 g/mol. The molecule has 0 aliphatic carbocycles. The quantitative estimate of drug-likeness (QED) is 0.485. The topological polar surface area (TPSA) is 23.8 Å². The van der Waals surface area contributed by atoms with Crippen LogP contribution in [0, 0.1) is 11.3 Å². The fourth-order valence-electron chi connectivity index (χ4n) is 0.812. The molecule has 0 saturated carbocycles. The summed E-state index contributed by atoms with van der Waals surface area (Å²) >= 11 is 4.14. The van der Waals surface area contributed by atoms with Crippen LogP contribution in [0.4, 0.5) is 0 Å². The van der Waals surface area contributed by atoms with Crippen LogP contribution in [0.2, 0.25) is 0 Å². The molecule has 0 spiro atoms. The molecule has 0 amide bonds. The molecule has 0 aliphatic heterocycles. The molecule has 0 heterocycles. The summed E-state index contributed by atoms with van der Waals surface area (Å²) in [7, 11) is 0. The van der Waals surface area contributed by atoms with E-state index < -0.39 is 0 Å². The summed E-state index contributed by atoms with van der Waals surface area (Å²) in [5.74, 6) is 1.11. The smallest absolute Gasteiger partial charge is 0.0992 e. The van der Waals surface area contributed by atoms with Crippen LogP contribution in [0.5, 0.6) is 0 Å². The molecule has 12 heavy (non-hydrogen) atoms. The van der Waals surface area contributed by atoms with Gasteiger partial charge in [-0.05, 0) is 18.2 Å². The van der Waals surface area contributed by atoms with E-state index in [0.29, 0.717) is 0 Å². The highest BCUT2D eigenvalue weighted by atomic mass is 127. The van der Waals surface area contributed by atoms with E-state index in [1.54, 1.807) is 11.8 Å². The second-order valence-electron chi connectivity index (χ2n) is 2.18. The lowest BCUT2D eigenvalue weighted by Crippen LogP contribution is -1.80. The molecule has 1 aromatic rings. The SMILES string of the molecule is N#Cc1cccc(SCCI)c1. The maximum atomic E-state index is 8.63. The fourth-order valence-corrected chi connectivity index (χ4v) is 2.17. The van der Waals surface area contributed by atoms with E-state index in [2.05, 4.69) is 28.7 Å². The molecule has 0 atom stereocenters. The van der Waals surface area contributed by atoms with Crippen molar-refractivity contribution in [2.24, 2.45) is 0 Å². The van der Waals surface area contributed by atoms with Gasteiger partial charge in [0.1, 0.15) is 0 Å². The van der Waals surface area contributed by atoms with Gasteiger partial charge < -0.3 is 0 Å². The van der Waals surface area contributed by atoms with E-state index in [1.807, 2.05) is 24.3 Å². The Balaban J connectivity index is 2.68. The molecular weight excluding hydrogens is 281 g/mol. The Kier molecular flexibility index (Phi) is 4.48. The lowest BCUT2D eigenvalue weighted by Gasteiger charge is -1.97. The third-order valence-corrected chi connectivity index (χ3v) is 3.58. The summed E-state index contributed by atoms with van der Waals surface area (Å²) in [5.41, 5.74) is 0.744. The zero-order chi connectivity index (χ0) is 8.81. The van der Waals surface area contributed by atoms with Gasteiger partial charge in [0, 0.05) is 15.1 Å². The molecule has 62 valence electrons. The van der Waals surface area contributed by atoms with Crippen molar-refractivity contribution in [3.8, 4) is 6.07 Å². The number of halogens is 1. The second-order valence-corrected chi connectivity index (χ2v) is 4.42. The maximum Gasteiger partial charge on any atom is 0.0992 e. The minimum Gasteiger partial charge on any atom is -0.192 e. The van der Waals surface area contributed by atoms with Gasteiger partial charge in [0.25, 0.3) is 0 Å². The standard InChI is InChI=1S/C9H8INS/c10-4-5-12-9-3-1-2-8(6-9)7-11/h1-3,6H,4-5H2. The summed E-state index contributed by atoms with van der Waals surface area (Å²) in [6, 6.07) is 9.85. The normalized spacial score (nSPS) is 9.33. The molecule has 3 heteroatoms. The third kappa shape index (κ3) is 3.03. The van der Waals surface area contributed by atoms with Crippen molar-refractivity contribution in [3.05, 3.63) is 29.8 Å². The molecule has 0 fully saturated rings. The molecule has 0 aliphatic rings. The zero-order valence-electron chi connectivity index (χ0n) is 6.46. The number of hydrogen-bond donors (Lipinski definition) is 0. The van der Waals surface area contributed by atoms with Gasteiger partial charge in [0.15, 0.2) is 0 Å². The summed E-state index contributed by atoms with van der Waals surface area (Å²) in [6.07, 6.45) is 0. The lowest BCUT2D eigenvalue weighted by molar-refractivity contribution is 1.40. The minimum atomic E-state index is 0.744. The summed E-state index contributed by atoms with van der Waals surface area (Å²) in [4.78, 5) is 1.19. The van der Waals surface area contributed by atoms with Gasteiger partial charge >= 0.3 is 0 Å². The van der Waals surface area contributed by atoms with E-state index in [4.69, 9.17) is 5.26 Å². The first-order valence-electron chi connectivity index (χ1n) is 3.56. The predicted octanol–water partition coefficient (Wildman–Crippen LogP) is 3.09. The number of hydrogen-bond acceptors (Lipinski definition) is 2. The van der Waals surface area contributed by atoms with Crippen molar-refractivity contribution in [2.45, 2.75) is 4.90 Å². The molecule has 1 aromatic carbocycles. The summed E-state index contributed by atoms with van der Waals surface area (Å²) in [5, 5.41) is 8.63. The van der Waals surface area contributed by atoms with E-state index in [9.17, 15) is 0 Å². The van der Waals surface area contributed by atoms with Gasteiger partial charge in [-0.25, -0.2) is 0 Å². The van der Waals surface area contributed by atoms with Gasteiger partial charge in [-0.15, -0.1) is 11.8 Å². The van der Waals surface area contributed by atoms with Crippen LogP contribution in [0.25, 0.3) is 0 Å². The van der Waals surface area contributed by atoms with Gasteiger partial charge in [-0.2, -0.15) is 5.26 Å². The van der Waals surface area contributed by atoms with Gasteiger partial charge in [-0.1, -0.05) is 28.7 Å². The Morgan fingerprint density at radius 3 is 3.00 bits per heavy atom. The third-order valence-electron chi connectivity index (χ3n) is 1.31. The maximum absolute atomic E-state index is 8.63. The van der Waals surface area contributed by atoms with Crippen molar-refractivity contribution < 1.29 is 0 Å². The van der Waals surface area contributed by atoms with Crippen molar-refractivity contribution >= 4 is 34.4 Å². The Bertz CT molecular complexity index is 293. The minimum absolute atomic E-state index is 0.744. The lowest BCUT2D eigenvalue weighted by atomic mass is 10.2. The highest BCUT2D eigenvalue weighted by Crippen LogP contribution is 2.18. The van der Waals surface area contributed by atoms with Gasteiger partial charge in [0.2, 0.25) is 0 Å². The fraction of sp³-hybridized carbons (Fsp3) is 0.222. The Morgan fingerprint density at radius 2 is 2.33 bits per heavy atom. The van der Waals surface area contributed by atoms with E-state index >= 15 is 0 Å². The zero-order valence-corrected chi connectivity index (χ0v) is 9.43. The molecule has 0 radical (unpaired) electrons. The molecule has 1 rings (SSSR count). The number of alkyl halides is 1. The number of nitrogens with zero attached hydrogens (tertiary/aromatic N) is 1. The van der Waals surface area contributed by atoms with Gasteiger partial charge in [0.05, 0.1) is 11.6 Å². The molecular formula is C9H8INS. The number of rotatable bonds is 3. The van der Waals surface area contributed by atoms with Crippen LogP contribution in [0.15, 0.2) is 29.2 Å². The van der Waals surface area contributed by atoms with E-state index in [-0.39, 0.29) is 0 Å². The number of benzene rings is 1. The first-order valence-corrected chi connectivity index (χ1v) is 6.07. The molecule has 0 bridgehead atoms. The first kappa shape index (κ1) is 9.87. The van der Waals surface area contributed by atoms with E-state index in [1.165, 1.54) is 4.90 Å². The van der Waals surface area contributed by atoms with Crippen LogP contribution < -0.4 is 0 Å². The highest BCUT2D eigenvalue weighted by Gasteiger charge is 1.94. The van der Waals surface area contributed by atoms with Crippen LogP contribution in [0.3, 0.4) is 0 Å². The monoisotopic (exact) mass is 289 g/mol. The first-order chi connectivity index (χ1) is 5.86. The van der Waals surface area contributed by atoms with Gasteiger partial charge in [-0.3, -0.25) is 0 Å². The summed E-state index contributed by atoms with van der Waals surface area (Å²) in [6.45, 7) is 0. The van der Waals surface area contributed by atoms with Crippen molar-refractivity contribution in [2.75, 3.05) is 10.2 Å². The van der Waals surface area contributed by atoms with E-state index in [0.717, 1.165) is 15.7 Å². The predicted molar refractivity (Wildman–Crippen MR) is 60.8 cm³/mol. The Labute approximate surface area is 90.3 Å². The average Bonchev–Trinajstić information content (AvgIpc) is 2.15. The Hall–Kier alpha value is -0.210. The van der Waals surface area contributed by atoms with Crippen LogP contribution in [0.1, 0.15) is 5.56 Å². The molecule has 0 N–H and O–H groups in total. The number of nitriles is 1. The van der Waals surface area contributed by atoms with Crippen LogP contribution in [-0.4, -0.2) is 10.2 Å². The highest BCUT2D eigenvalue weighted by molar-refractivity contribution is 14.1.